The van der Waals surface area contributed by atoms with Crippen molar-refractivity contribution >= 4 is 18.8 Å². The molecule has 2 aromatic rings. The number of rotatable bonds is 4. The van der Waals surface area contributed by atoms with Gasteiger partial charge in [-0.2, -0.15) is 13.2 Å². The molecule has 0 heterocycles. The van der Waals surface area contributed by atoms with Gasteiger partial charge in [-0.05, 0) is 29.2 Å². The molecule has 0 fully saturated rings. The third-order valence-corrected chi connectivity index (χ3v) is 2.92. The number of benzene rings is 2. The molecule has 5 heteroatoms. The first-order valence-electron chi connectivity index (χ1n) is 6.32. The lowest BCUT2D eigenvalue weighted by atomic mass is 9.69. The zero-order chi connectivity index (χ0) is 15.3. The number of hydrogen-bond donors (Lipinski definition) is 0. The monoisotopic (exact) mass is 289 g/mol. The van der Waals surface area contributed by atoms with Gasteiger partial charge in [0, 0.05) is 0 Å². The van der Waals surface area contributed by atoms with Crippen molar-refractivity contribution in [2.24, 2.45) is 0 Å². The lowest BCUT2D eigenvalue weighted by Gasteiger charge is -2.07. The third kappa shape index (κ3) is 4.15. The summed E-state index contributed by atoms with van der Waals surface area (Å²) >= 11 is 0. The molecule has 1 nitrogen and oxygen atoms in total. The number of ether oxygens (including phenoxy) is 1. The number of para-hydroxylation sites is 1. The zero-order valence-corrected chi connectivity index (χ0v) is 11.4. The molecule has 0 N–H and O–H groups in total. The maximum atomic E-state index is 12.6. The highest BCUT2D eigenvalue weighted by Crippen LogP contribution is 2.29. The molecule has 0 aromatic heterocycles. The highest BCUT2D eigenvalue weighted by molar-refractivity contribution is 6.60. The quantitative estimate of drug-likeness (QED) is 0.780. The maximum absolute atomic E-state index is 12.6. The number of hydrogen-bond acceptors (Lipinski definition) is 1. The van der Waals surface area contributed by atoms with Gasteiger partial charge in [0.1, 0.15) is 5.75 Å². The summed E-state index contributed by atoms with van der Waals surface area (Å²) in [6, 6.07) is 12.6. The van der Waals surface area contributed by atoms with Crippen LogP contribution in [0, 0.1) is 0 Å². The molecule has 0 amide bonds. The summed E-state index contributed by atoms with van der Waals surface area (Å²) in [4.78, 5) is 0. The standard InChI is InChI=1S/C16H13BF3O/c1-21-15-8-3-2-7-14(15)17-10-9-12-5-4-6-13(11-12)16(18,19)20/h2-11H,1H3. The van der Waals surface area contributed by atoms with E-state index in [1.54, 1.807) is 32.5 Å². The van der Waals surface area contributed by atoms with Crippen LogP contribution in [0.3, 0.4) is 0 Å². The van der Waals surface area contributed by atoms with E-state index in [2.05, 4.69) is 0 Å². The zero-order valence-electron chi connectivity index (χ0n) is 11.4. The minimum Gasteiger partial charge on any atom is -0.497 e. The minimum atomic E-state index is -4.32. The fraction of sp³-hybridized carbons (Fsp3) is 0.125. The van der Waals surface area contributed by atoms with Crippen molar-refractivity contribution in [2.75, 3.05) is 7.11 Å². The molecule has 1 radical (unpaired) electrons. The summed E-state index contributed by atoms with van der Waals surface area (Å²) in [5, 5.41) is 0. The largest absolute Gasteiger partial charge is 0.497 e. The van der Waals surface area contributed by atoms with E-state index in [0.717, 1.165) is 17.6 Å². The predicted octanol–water partition coefficient (Wildman–Crippen LogP) is 3.71. The molecule has 0 aliphatic carbocycles. The Hall–Kier alpha value is -2.17. The fourth-order valence-electron chi connectivity index (χ4n) is 1.89. The number of halogens is 3. The second-order valence-corrected chi connectivity index (χ2v) is 4.39. The second-order valence-electron chi connectivity index (χ2n) is 4.39. The van der Waals surface area contributed by atoms with Gasteiger partial charge in [-0.15, -0.1) is 5.98 Å². The first kappa shape index (κ1) is 15.2. The van der Waals surface area contributed by atoms with E-state index in [1.165, 1.54) is 6.07 Å². The van der Waals surface area contributed by atoms with Gasteiger partial charge in [0.15, 0.2) is 7.28 Å². The Morgan fingerprint density at radius 2 is 1.81 bits per heavy atom. The molecule has 2 aromatic carbocycles. The summed E-state index contributed by atoms with van der Waals surface area (Å²) in [5.74, 6) is 2.42. The lowest BCUT2D eigenvalue weighted by molar-refractivity contribution is -0.137. The van der Waals surface area contributed by atoms with E-state index in [-0.39, 0.29) is 0 Å². The van der Waals surface area contributed by atoms with Crippen LogP contribution in [0.15, 0.2) is 54.5 Å². The van der Waals surface area contributed by atoms with Crippen molar-refractivity contribution in [3.05, 3.63) is 65.6 Å². The van der Waals surface area contributed by atoms with Gasteiger partial charge in [-0.3, -0.25) is 0 Å². The van der Waals surface area contributed by atoms with Crippen molar-refractivity contribution in [1.29, 1.82) is 0 Å². The lowest BCUT2D eigenvalue weighted by Crippen LogP contribution is -2.14. The molecule has 0 aliphatic rings. The summed E-state index contributed by atoms with van der Waals surface area (Å²) in [7, 11) is 3.36. The first-order chi connectivity index (χ1) is 10.0. The Bertz CT molecular complexity index is 635. The predicted molar refractivity (Wildman–Crippen MR) is 78.9 cm³/mol. The van der Waals surface area contributed by atoms with Gasteiger partial charge in [0.05, 0.1) is 12.7 Å². The molecule has 0 unspecified atom stereocenters. The van der Waals surface area contributed by atoms with E-state index < -0.39 is 11.7 Å². The number of alkyl halides is 3. The van der Waals surface area contributed by atoms with Gasteiger partial charge < -0.3 is 4.74 Å². The van der Waals surface area contributed by atoms with Crippen molar-refractivity contribution in [3.8, 4) is 5.75 Å². The van der Waals surface area contributed by atoms with Gasteiger partial charge >= 0.3 is 6.18 Å². The average Bonchev–Trinajstić information content (AvgIpc) is 2.47. The maximum Gasteiger partial charge on any atom is 0.416 e. The Morgan fingerprint density at radius 3 is 2.52 bits per heavy atom. The summed E-state index contributed by atoms with van der Waals surface area (Å²) in [6.45, 7) is 0. The van der Waals surface area contributed by atoms with Crippen molar-refractivity contribution < 1.29 is 17.9 Å². The first-order valence-corrected chi connectivity index (χ1v) is 6.32. The SMILES string of the molecule is COc1ccccc1[B]C=Cc1cccc(C(F)(F)F)c1. The van der Waals surface area contributed by atoms with E-state index >= 15 is 0 Å². The smallest absolute Gasteiger partial charge is 0.416 e. The molecule has 2 rings (SSSR count). The number of methoxy groups -OCH3 is 1. The van der Waals surface area contributed by atoms with E-state index in [0.29, 0.717) is 11.3 Å². The molecule has 0 atom stereocenters. The molecule has 0 bridgehead atoms. The third-order valence-electron chi connectivity index (χ3n) is 2.92. The molecule has 0 aliphatic heterocycles. The van der Waals surface area contributed by atoms with Crippen LogP contribution in [0.2, 0.25) is 0 Å². The van der Waals surface area contributed by atoms with Crippen LogP contribution in [-0.4, -0.2) is 14.4 Å². The Balaban J connectivity index is 2.11. The van der Waals surface area contributed by atoms with E-state index in [9.17, 15) is 13.2 Å². The topological polar surface area (TPSA) is 9.23 Å². The van der Waals surface area contributed by atoms with Crippen LogP contribution in [-0.2, 0) is 6.18 Å². The molecule has 21 heavy (non-hydrogen) atoms. The van der Waals surface area contributed by atoms with Crippen molar-refractivity contribution in [2.45, 2.75) is 6.18 Å². The van der Waals surface area contributed by atoms with E-state index in [4.69, 9.17) is 4.74 Å². The molecular weight excluding hydrogens is 276 g/mol. The highest BCUT2D eigenvalue weighted by atomic mass is 19.4. The van der Waals surface area contributed by atoms with Crippen molar-refractivity contribution in [1.82, 2.24) is 0 Å². The molecule has 0 saturated heterocycles. The highest BCUT2D eigenvalue weighted by Gasteiger charge is 2.30. The fourth-order valence-corrected chi connectivity index (χ4v) is 1.89. The van der Waals surface area contributed by atoms with Gasteiger partial charge in [-0.1, -0.05) is 36.4 Å². The summed E-state index contributed by atoms with van der Waals surface area (Å²) in [5.41, 5.74) is 0.709. The van der Waals surface area contributed by atoms with Gasteiger partial charge in [-0.25, -0.2) is 0 Å². The van der Waals surface area contributed by atoms with Gasteiger partial charge in [0.2, 0.25) is 0 Å². The summed E-state index contributed by atoms with van der Waals surface area (Å²) in [6.07, 6.45) is -2.70. The Kier molecular flexibility index (Phi) is 4.73. The van der Waals surface area contributed by atoms with E-state index in [1.807, 2.05) is 24.3 Å². The molecule has 0 saturated carbocycles. The molecule has 0 spiro atoms. The van der Waals surface area contributed by atoms with Crippen LogP contribution in [0.25, 0.3) is 6.08 Å². The molecular formula is C16H13BF3O. The van der Waals surface area contributed by atoms with Crippen LogP contribution in [0.1, 0.15) is 11.1 Å². The van der Waals surface area contributed by atoms with Crippen LogP contribution >= 0.6 is 0 Å². The second kappa shape index (κ2) is 6.52. The molecule has 107 valence electrons. The van der Waals surface area contributed by atoms with Crippen LogP contribution in [0.5, 0.6) is 5.75 Å². The Morgan fingerprint density at radius 1 is 1.05 bits per heavy atom. The van der Waals surface area contributed by atoms with Crippen molar-refractivity contribution in [3.63, 3.8) is 0 Å². The normalized spacial score (nSPS) is 11.6. The van der Waals surface area contributed by atoms with Crippen LogP contribution < -0.4 is 10.2 Å². The van der Waals surface area contributed by atoms with Crippen LogP contribution in [0.4, 0.5) is 13.2 Å². The summed E-state index contributed by atoms with van der Waals surface area (Å²) < 4.78 is 43.0. The van der Waals surface area contributed by atoms with Gasteiger partial charge in [0.25, 0.3) is 0 Å². The average molecular weight is 289 g/mol. The minimum absolute atomic E-state index is 0.496. The Labute approximate surface area is 122 Å².